The molecule has 0 aliphatic heterocycles. The zero-order valence-corrected chi connectivity index (χ0v) is 13.9. The van der Waals surface area contributed by atoms with Crippen molar-refractivity contribution in [3.8, 4) is 17.2 Å². The van der Waals surface area contributed by atoms with Crippen LogP contribution in [-0.4, -0.2) is 24.1 Å². The van der Waals surface area contributed by atoms with E-state index in [9.17, 15) is 0 Å². The summed E-state index contributed by atoms with van der Waals surface area (Å²) in [6.07, 6.45) is 1.48. The van der Waals surface area contributed by atoms with Crippen LogP contribution in [0.2, 0.25) is 0 Å². The molecule has 7 heteroatoms. The fourth-order valence-corrected chi connectivity index (χ4v) is 2.27. The lowest BCUT2D eigenvalue weighted by molar-refractivity contribution is 0.404. The maximum atomic E-state index is 5.95. The molecular weight excluding hydrogens is 294 g/mol. The second kappa shape index (κ2) is 7.15. The average molecular weight is 317 g/mol. The number of hydrogen-bond donors (Lipinski definition) is 3. The topological polar surface area (TPSA) is 108 Å². The van der Waals surface area contributed by atoms with E-state index in [1.165, 1.54) is 6.20 Å². The minimum absolute atomic E-state index is 0.115. The first-order valence-electron chi connectivity index (χ1n) is 7.37. The van der Waals surface area contributed by atoms with Gasteiger partial charge in [-0.1, -0.05) is 13.8 Å². The minimum Gasteiger partial charge on any atom is -0.496 e. The van der Waals surface area contributed by atoms with E-state index >= 15 is 0 Å². The van der Waals surface area contributed by atoms with Crippen molar-refractivity contribution >= 4 is 11.8 Å². The average Bonchev–Trinajstić information content (AvgIpc) is 2.50. The molecule has 1 heterocycles. The molecule has 1 aromatic carbocycles. The number of benzene rings is 1. The Morgan fingerprint density at radius 2 is 1.91 bits per heavy atom. The van der Waals surface area contributed by atoms with Gasteiger partial charge in [0.1, 0.15) is 11.5 Å². The predicted molar refractivity (Wildman–Crippen MR) is 90.8 cm³/mol. The van der Waals surface area contributed by atoms with Crippen LogP contribution in [-0.2, 0) is 6.54 Å². The van der Waals surface area contributed by atoms with Crippen LogP contribution in [0, 0.1) is 0 Å². The summed E-state index contributed by atoms with van der Waals surface area (Å²) in [5.41, 5.74) is 13.4. The molecule has 1 aromatic heterocycles. The monoisotopic (exact) mass is 317 g/mol. The van der Waals surface area contributed by atoms with E-state index in [4.69, 9.17) is 20.9 Å². The molecule has 0 atom stereocenters. The van der Waals surface area contributed by atoms with Crippen LogP contribution in [0.15, 0.2) is 18.3 Å². The summed E-state index contributed by atoms with van der Waals surface area (Å²) >= 11 is 0. The maximum absolute atomic E-state index is 5.95. The van der Waals surface area contributed by atoms with Crippen molar-refractivity contribution in [1.82, 2.24) is 15.3 Å². The third kappa shape index (κ3) is 3.81. The maximum Gasteiger partial charge on any atom is 0.222 e. The Morgan fingerprint density at radius 1 is 1.17 bits per heavy atom. The molecule has 0 bridgehead atoms. The van der Waals surface area contributed by atoms with Crippen LogP contribution in [0.5, 0.6) is 17.2 Å². The zero-order chi connectivity index (χ0) is 17.0. The normalized spacial score (nSPS) is 10.8. The quantitative estimate of drug-likeness (QED) is 0.750. The molecule has 0 saturated carbocycles. The number of anilines is 2. The number of methoxy groups -OCH3 is 1. The Bertz CT molecular complexity index is 688. The molecule has 0 spiro atoms. The largest absolute Gasteiger partial charge is 0.496 e. The van der Waals surface area contributed by atoms with Gasteiger partial charge >= 0.3 is 0 Å². The van der Waals surface area contributed by atoms with Crippen LogP contribution in [0.3, 0.4) is 0 Å². The zero-order valence-electron chi connectivity index (χ0n) is 13.9. The van der Waals surface area contributed by atoms with Gasteiger partial charge in [-0.15, -0.1) is 0 Å². The molecular formula is C16H23N5O2. The van der Waals surface area contributed by atoms with Crippen molar-refractivity contribution in [2.75, 3.05) is 25.6 Å². The standard InChI is InChI=1S/C16H23N5O2/c1-9(2)11-6-12(22-4)10(7-19-3)5-13(11)23-14-8-20-16(18)21-15(14)17/h5-6,8-9,19H,7H2,1-4H3,(H4,17,18,20,21). The van der Waals surface area contributed by atoms with Gasteiger partial charge in [-0.25, -0.2) is 4.98 Å². The van der Waals surface area contributed by atoms with Crippen LogP contribution < -0.4 is 26.3 Å². The minimum atomic E-state index is 0.115. The van der Waals surface area contributed by atoms with Crippen LogP contribution in [0.25, 0.3) is 0 Å². The van der Waals surface area contributed by atoms with Crippen LogP contribution in [0.4, 0.5) is 11.8 Å². The number of nitrogens with two attached hydrogens (primary N) is 2. The highest BCUT2D eigenvalue weighted by atomic mass is 16.5. The van der Waals surface area contributed by atoms with E-state index in [0.717, 1.165) is 16.9 Å². The lowest BCUT2D eigenvalue weighted by atomic mass is 9.99. The van der Waals surface area contributed by atoms with Gasteiger partial charge in [0.05, 0.1) is 13.3 Å². The van der Waals surface area contributed by atoms with Gasteiger partial charge in [0.15, 0.2) is 11.6 Å². The molecule has 0 amide bonds. The Balaban J connectivity index is 2.48. The summed E-state index contributed by atoms with van der Waals surface area (Å²) < 4.78 is 11.4. The summed E-state index contributed by atoms with van der Waals surface area (Å²) in [5, 5.41) is 3.12. The van der Waals surface area contributed by atoms with Gasteiger partial charge in [-0.05, 0) is 25.1 Å². The van der Waals surface area contributed by atoms with E-state index in [-0.39, 0.29) is 17.7 Å². The number of nitrogen functional groups attached to an aromatic ring is 2. The summed E-state index contributed by atoms with van der Waals surface area (Å²) in [7, 11) is 3.53. The summed E-state index contributed by atoms with van der Waals surface area (Å²) in [5.74, 6) is 2.46. The van der Waals surface area contributed by atoms with Crippen molar-refractivity contribution < 1.29 is 9.47 Å². The highest BCUT2D eigenvalue weighted by Gasteiger charge is 2.16. The fourth-order valence-electron chi connectivity index (χ4n) is 2.27. The Labute approximate surface area is 136 Å². The number of hydrogen-bond acceptors (Lipinski definition) is 7. The van der Waals surface area contributed by atoms with Crippen LogP contribution >= 0.6 is 0 Å². The molecule has 0 aliphatic rings. The van der Waals surface area contributed by atoms with Crippen molar-refractivity contribution in [3.05, 3.63) is 29.5 Å². The van der Waals surface area contributed by atoms with Crippen molar-refractivity contribution in [2.24, 2.45) is 0 Å². The highest BCUT2D eigenvalue weighted by Crippen LogP contribution is 2.37. The van der Waals surface area contributed by atoms with E-state index in [1.54, 1.807) is 7.11 Å². The van der Waals surface area contributed by atoms with Crippen molar-refractivity contribution in [3.63, 3.8) is 0 Å². The molecule has 23 heavy (non-hydrogen) atoms. The van der Waals surface area contributed by atoms with Crippen LogP contribution in [0.1, 0.15) is 30.9 Å². The first kappa shape index (κ1) is 16.8. The molecule has 0 unspecified atom stereocenters. The van der Waals surface area contributed by atoms with Crippen molar-refractivity contribution in [2.45, 2.75) is 26.3 Å². The highest BCUT2D eigenvalue weighted by molar-refractivity contribution is 5.53. The lowest BCUT2D eigenvalue weighted by Gasteiger charge is -2.18. The molecule has 7 nitrogen and oxygen atoms in total. The van der Waals surface area contributed by atoms with Gasteiger partial charge in [0, 0.05) is 17.7 Å². The molecule has 2 aromatic rings. The first-order chi connectivity index (χ1) is 11.0. The SMILES string of the molecule is CNCc1cc(Oc2cnc(N)nc2N)c(C(C)C)cc1OC. The number of ether oxygens (including phenoxy) is 2. The molecule has 0 fully saturated rings. The van der Waals surface area contributed by atoms with E-state index in [2.05, 4.69) is 29.1 Å². The summed E-state index contributed by atoms with van der Waals surface area (Å²) in [6.45, 7) is 4.83. The first-order valence-corrected chi connectivity index (χ1v) is 7.37. The van der Waals surface area contributed by atoms with Crippen molar-refractivity contribution in [1.29, 1.82) is 0 Å². The Kier molecular flexibility index (Phi) is 5.23. The summed E-state index contributed by atoms with van der Waals surface area (Å²) in [4.78, 5) is 7.85. The second-order valence-electron chi connectivity index (χ2n) is 5.47. The molecule has 0 saturated heterocycles. The lowest BCUT2D eigenvalue weighted by Crippen LogP contribution is -2.08. The Hall–Kier alpha value is -2.54. The predicted octanol–water partition coefficient (Wildman–Crippen LogP) is 2.28. The molecule has 2 rings (SSSR count). The van der Waals surface area contributed by atoms with Gasteiger partial charge in [-0.2, -0.15) is 4.98 Å². The summed E-state index contributed by atoms with van der Waals surface area (Å²) in [6, 6.07) is 3.93. The third-order valence-corrected chi connectivity index (χ3v) is 3.42. The van der Waals surface area contributed by atoms with Gasteiger partial charge in [-0.3, -0.25) is 0 Å². The number of nitrogens with zero attached hydrogens (tertiary/aromatic N) is 2. The van der Waals surface area contributed by atoms with Gasteiger partial charge < -0.3 is 26.3 Å². The van der Waals surface area contributed by atoms with E-state index in [0.29, 0.717) is 18.0 Å². The fraction of sp³-hybridized carbons (Fsp3) is 0.375. The molecule has 5 N–H and O–H groups in total. The van der Waals surface area contributed by atoms with E-state index < -0.39 is 0 Å². The second-order valence-corrected chi connectivity index (χ2v) is 5.47. The Morgan fingerprint density at radius 3 is 2.48 bits per heavy atom. The number of rotatable bonds is 6. The number of nitrogens with one attached hydrogen (secondary N) is 1. The smallest absolute Gasteiger partial charge is 0.222 e. The molecule has 0 aliphatic carbocycles. The molecule has 0 radical (unpaired) electrons. The van der Waals surface area contributed by atoms with Gasteiger partial charge in [0.2, 0.25) is 5.95 Å². The third-order valence-electron chi connectivity index (χ3n) is 3.42. The van der Waals surface area contributed by atoms with E-state index in [1.807, 2.05) is 19.2 Å². The number of aromatic nitrogens is 2. The molecule has 124 valence electrons. The van der Waals surface area contributed by atoms with Gasteiger partial charge in [0.25, 0.3) is 0 Å².